The lowest BCUT2D eigenvalue weighted by molar-refractivity contribution is 0.270. The maximum absolute atomic E-state index is 13.3. The van der Waals surface area contributed by atoms with Crippen LogP contribution in [0.3, 0.4) is 0 Å². The van der Waals surface area contributed by atoms with Crippen LogP contribution < -0.4 is 5.73 Å². The molecule has 1 aromatic rings. The Bertz CT molecular complexity index is 296. The number of aliphatic hydroxyl groups excluding tert-OH is 1. The van der Waals surface area contributed by atoms with Gasteiger partial charge in [-0.15, -0.1) is 0 Å². The Morgan fingerprint density at radius 3 is 2.62 bits per heavy atom. The van der Waals surface area contributed by atoms with E-state index in [1.165, 1.54) is 4.68 Å². The minimum Gasteiger partial charge on any atom is -0.394 e. The molecule has 0 atom stereocenters. The fourth-order valence-electron chi connectivity index (χ4n) is 1.11. The maximum Gasteiger partial charge on any atom is 0.188 e. The number of nitrogens with zero attached hydrogens (tertiary/aromatic N) is 2. The van der Waals surface area contributed by atoms with Gasteiger partial charge >= 0.3 is 0 Å². The van der Waals surface area contributed by atoms with Crippen molar-refractivity contribution in [1.29, 1.82) is 0 Å². The molecular weight excluding hydrogens is 173 g/mol. The molecule has 1 aromatic heterocycles. The summed E-state index contributed by atoms with van der Waals surface area (Å²) in [7, 11) is 0. The number of halogens is 1. The van der Waals surface area contributed by atoms with Gasteiger partial charge in [-0.3, -0.25) is 0 Å². The van der Waals surface area contributed by atoms with E-state index in [4.69, 9.17) is 10.8 Å². The highest BCUT2D eigenvalue weighted by atomic mass is 19.1. The molecule has 1 heterocycles. The number of nitrogens with two attached hydrogens (primary N) is 1. The minimum atomic E-state index is -0.469. The van der Waals surface area contributed by atoms with Crippen LogP contribution in [-0.4, -0.2) is 21.5 Å². The third-order valence-electron chi connectivity index (χ3n) is 1.81. The summed E-state index contributed by atoms with van der Waals surface area (Å²) in [5, 5.41) is 12.6. The first kappa shape index (κ1) is 9.98. The van der Waals surface area contributed by atoms with Gasteiger partial charge in [0.05, 0.1) is 13.2 Å². The van der Waals surface area contributed by atoms with Crippen molar-refractivity contribution in [1.82, 2.24) is 9.78 Å². The van der Waals surface area contributed by atoms with Crippen LogP contribution in [0.5, 0.6) is 0 Å². The third kappa shape index (κ3) is 1.80. The Morgan fingerprint density at radius 1 is 1.62 bits per heavy atom. The molecule has 0 aliphatic carbocycles. The van der Waals surface area contributed by atoms with Crippen molar-refractivity contribution < 1.29 is 9.50 Å². The monoisotopic (exact) mass is 187 g/mol. The number of hydrogen-bond donors (Lipinski definition) is 2. The maximum atomic E-state index is 13.3. The summed E-state index contributed by atoms with van der Waals surface area (Å²) in [6.07, 6.45) is 0. The number of anilines is 1. The molecule has 5 heteroatoms. The van der Waals surface area contributed by atoms with Crippen LogP contribution >= 0.6 is 0 Å². The van der Waals surface area contributed by atoms with Crippen LogP contribution in [0.15, 0.2) is 0 Å². The van der Waals surface area contributed by atoms with E-state index in [-0.39, 0.29) is 24.9 Å². The number of rotatable bonds is 3. The van der Waals surface area contributed by atoms with Gasteiger partial charge < -0.3 is 10.8 Å². The van der Waals surface area contributed by atoms with Gasteiger partial charge in [0.15, 0.2) is 11.6 Å². The summed E-state index contributed by atoms with van der Waals surface area (Å²) < 4.78 is 14.6. The van der Waals surface area contributed by atoms with Gasteiger partial charge in [-0.1, -0.05) is 13.8 Å². The standard InChI is InChI=1S/C8H14FN3O/c1-5(2)7-6(9)8(10)12(11-7)3-4-13/h5,13H,3-4,10H2,1-2H3. The molecule has 1 rings (SSSR count). The predicted molar refractivity (Wildman–Crippen MR) is 47.8 cm³/mol. The van der Waals surface area contributed by atoms with E-state index in [1.807, 2.05) is 13.8 Å². The zero-order chi connectivity index (χ0) is 10.0. The van der Waals surface area contributed by atoms with Gasteiger partial charge in [0.2, 0.25) is 0 Å². The van der Waals surface area contributed by atoms with E-state index in [0.717, 1.165) is 0 Å². The zero-order valence-corrected chi connectivity index (χ0v) is 7.79. The second-order valence-corrected chi connectivity index (χ2v) is 3.19. The Labute approximate surface area is 76.2 Å². The molecule has 0 amide bonds. The Hall–Kier alpha value is -1.10. The molecule has 0 bridgehead atoms. The average Bonchev–Trinajstić information content (AvgIpc) is 2.33. The molecule has 0 aromatic carbocycles. The van der Waals surface area contributed by atoms with Crippen molar-refractivity contribution in [3.63, 3.8) is 0 Å². The molecule has 0 spiro atoms. The largest absolute Gasteiger partial charge is 0.394 e. The van der Waals surface area contributed by atoms with Gasteiger partial charge in [-0.25, -0.2) is 9.07 Å². The lowest BCUT2D eigenvalue weighted by Gasteiger charge is -1.99. The van der Waals surface area contributed by atoms with Crippen LogP contribution in [0.4, 0.5) is 10.2 Å². The summed E-state index contributed by atoms with van der Waals surface area (Å²) >= 11 is 0. The summed E-state index contributed by atoms with van der Waals surface area (Å²) in [5.74, 6) is -0.469. The van der Waals surface area contributed by atoms with Gasteiger partial charge in [0.1, 0.15) is 5.69 Å². The first-order chi connectivity index (χ1) is 6.07. The van der Waals surface area contributed by atoms with E-state index >= 15 is 0 Å². The van der Waals surface area contributed by atoms with Crippen molar-refractivity contribution in [3.8, 4) is 0 Å². The van der Waals surface area contributed by atoms with Crippen LogP contribution in [0.2, 0.25) is 0 Å². The van der Waals surface area contributed by atoms with E-state index in [2.05, 4.69) is 5.10 Å². The van der Waals surface area contributed by atoms with Crippen LogP contribution in [0.1, 0.15) is 25.5 Å². The number of aromatic nitrogens is 2. The van der Waals surface area contributed by atoms with Crippen molar-refractivity contribution in [2.75, 3.05) is 12.3 Å². The number of nitrogen functional groups attached to an aromatic ring is 1. The molecular formula is C8H14FN3O. The van der Waals surface area contributed by atoms with Gasteiger partial charge in [-0.2, -0.15) is 5.10 Å². The predicted octanol–water partition coefficient (Wildman–Crippen LogP) is 0.720. The van der Waals surface area contributed by atoms with Gasteiger partial charge in [0.25, 0.3) is 0 Å². The molecule has 0 saturated heterocycles. The Morgan fingerprint density at radius 2 is 2.23 bits per heavy atom. The summed E-state index contributed by atoms with van der Waals surface area (Å²) in [6, 6.07) is 0. The quantitative estimate of drug-likeness (QED) is 0.732. The molecule has 4 nitrogen and oxygen atoms in total. The minimum absolute atomic E-state index is 0.00208. The van der Waals surface area contributed by atoms with Crippen molar-refractivity contribution in [3.05, 3.63) is 11.5 Å². The SMILES string of the molecule is CC(C)c1nn(CCO)c(N)c1F. The molecule has 0 unspecified atom stereocenters. The highest BCUT2D eigenvalue weighted by Gasteiger charge is 2.17. The molecule has 0 saturated carbocycles. The summed E-state index contributed by atoms with van der Waals surface area (Å²) in [5.41, 5.74) is 5.79. The van der Waals surface area contributed by atoms with Crippen molar-refractivity contribution in [2.45, 2.75) is 26.3 Å². The van der Waals surface area contributed by atoms with Gasteiger partial charge in [0, 0.05) is 5.92 Å². The Kier molecular flexibility index (Phi) is 2.87. The molecule has 13 heavy (non-hydrogen) atoms. The van der Waals surface area contributed by atoms with E-state index in [1.54, 1.807) is 0 Å². The van der Waals surface area contributed by atoms with Crippen LogP contribution in [0, 0.1) is 5.82 Å². The first-order valence-electron chi connectivity index (χ1n) is 4.20. The average molecular weight is 187 g/mol. The van der Waals surface area contributed by atoms with Crippen LogP contribution in [-0.2, 0) is 6.54 Å². The van der Waals surface area contributed by atoms with E-state index in [0.29, 0.717) is 5.69 Å². The molecule has 3 N–H and O–H groups in total. The fourth-order valence-corrected chi connectivity index (χ4v) is 1.11. The topological polar surface area (TPSA) is 64.1 Å². The Balaban J connectivity index is 3.05. The fraction of sp³-hybridized carbons (Fsp3) is 0.625. The second kappa shape index (κ2) is 3.74. The van der Waals surface area contributed by atoms with E-state index < -0.39 is 5.82 Å². The summed E-state index contributed by atoms with van der Waals surface area (Å²) in [6.45, 7) is 3.82. The lowest BCUT2D eigenvalue weighted by atomic mass is 10.1. The smallest absolute Gasteiger partial charge is 0.188 e. The van der Waals surface area contributed by atoms with Gasteiger partial charge in [-0.05, 0) is 0 Å². The van der Waals surface area contributed by atoms with Crippen molar-refractivity contribution in [2.24, 2.45) is 0 Å². The van der Waals surface area contributed by atoms with E-state index in [9.17, 15) is 4.39 Å². The van der Waals surface area contributed by atoms with Crippen molar-refractivity contribution >= 4 is 5.82 Å². The highest BCUT2D eigenvalue weighted by Crippen LogP contribution is 2.21. The summed E-state index contributed by atoms with van der Waals surface area (Å²) in [4.78, 5) is 0. The zero-order valence-electron chi connectivity index (χ0n) is 7.79. The highest BCUT2D eigenvalue weighted by molar-refractivity contribution is 5.34. The normalized spacial score (nSPS) is 11.2. The molecule has 74 valence electrons. The van der Waals surface area contributed by atoms with Crippen LogP contribution in [0.25, 0.3) is 0 Å². The number of aliphatic hydroxyl groups is 1. The number of hydrogen-bond acceptors (Lipinski definition) is 3. The molecule has 0 fully saturated rings. The molecule has 0 aliphatic heterocycles. The molecule has 0 radical (unpaired) electrons. The lowest BCUT2D eigenvalue weighted by Crippen LogP contribution is -2.08. The second-order valence-electron chi connectivity index (χ2n) is 3.19. The third-order valence-corrected chi connectivity index (χ3v) is 1.81. The first-order valence-corrected chi connectivity index (χ1v) is 4.20. The molecule has 0 aliphatic rings.